The van der Waals surface area contributed by atoms with Crippen molar-refractivity contribution in [3.63, 3.8) is 0 Å². The van der Waals surface area contributed by atoms with E-state index in [2.05, 4.69) is 58.9 Å². The maximum Gasteiger partial charge on any atom is 0.191 e. The molecule has 0 bridgehead atoms. The van der Waals surface area contributed by atoms with Crippen molar-refractivity contribution in [2.24, 2.45) is 0 Å². The Morgan fingerprint density at radius 3 is 2.54 bits per heavy atom. The van der Waals surface area contributed by atoms with Gasteiger partial charge in [-0.05, 0) is 36.6 Å². The predicted molar refractivity (Wildman–Crippen MR) is 111 cm³/mol. The molecule has 0 saturated heterocycles. The summed E-state index contributed by atoms with van der Waals surface area (Å²) >= 11 is 1.55. The fraction of sp³-hybridized carbons (Fsp3) is 0.318. The molecule has 0 aliphatic rings. The molecular formula is C22H24N4OS. The normalized spacial score (nSPS) is 11.8. The topological polar surface area (TPSA) is 63.7 Å². The van der Waals surface area contributed by atoms with Gasteiger partial charge < -0.3 is 4.74 Å². The average molecular weight is 393 g/mol. The molecule has 0 saturated carbocycles. The molecule has 0 spiro atoms. The Hall–Kier alpha value is -2.78. The lowest BCUT2D eigenvalue weighted by Gasteiger charge is -2.18. The summed E-state index contributed by atoms with van der Waals surface area (Å²) in [4.78, 5) is 0. The molecule has 0 N–H and O–H groups in total. The maximum absolute atomic E-state index is 8.83. The van der Waals surface area contributed by atoms with Crippen LogP contribution in [-0.2, 0) is 13.0 Å². The molecule has 0 aliphatic heterocycles. The van der Waals surface area contributed by atoms with E-state index in [1.807, 2.05) is 30.3 Å². The van der Waals surface area contributed by atoms with Gasteiger partial charge in [-0.3, -0.25) is 4.57 Å². The van der Waals surface area contributed by atoms with Gasteiger partial charge in [0.05, 0.1) is 12.1 Å². The van der Waals surface area contributed by atoms with Crippen LogP contribution in [0.4, 0.5) is 0 Å². The predicted octanol–water partition coefficient (Wildman–Crippen LogP) is 5.03. The van der Waals surface area contributed by atoms with Crippen LogP contribution < -0.4 is 4.74 Å². The monoisotopic (exact) mass is 392 g/mol. The van der Waals surface area contributed by atoms with Gasteiger partial charge in [-0.2, -0.15) is 5.26 Å². The lowest BCUT2D eigenvalue weighted by atomic mass is 10.1. The molecule has 6 heteroatoms. The number of rotatable bonds is 9. The van der Waals surface area contributed by atoms with Crippen LogP contribution in [0, 0.1) is 11.3 Å². The van der Waals surface area contributed by atoms with Crippen LogP contribution in [0.15, 0.2) is 59.8 Å². The minimum absolute atomic E-state index is 0.0712. The Morgan fingerprint density at radius 1 is 1.11 bits per heavy atom. The van der Waals surface area contributed by atoms with E-state index in [0.29, 0.717) is 18.8 Å². The number of nitriles is 1. The van der Waals surface area contributed by atoms with Crippen LogP contribution >= 0.6 is 11.8 Å². The van der Waals surface area contributed by atoms with Gasteiger partial charge in [-0.1, -0.05) is 61.2 Å². The van der Waals surface area contributed by atoms with Crippen molar-refractivity contribution >= 4 is 11.8 Å². The van der Waals surface area contributed by atoms with Crippen LogP contribution in [-0.4, -0.2) is 20.5 Å². The molecule has 1 aromatic heterocycles. The van der Waals surface area contributed by atoms with Gasteiger partial charge in [0.15, 0.2) is 11.0 Å². The third-order valence-corrected chi connectivity index (χ3v) is 5.49. The number of benzene rings is 2. The van der Waals surface area contributed by atoms with Crippen molar-refractivity contribution < 1.29 is 4.74 Å². The third kappa shape index (κ3) is 4.93. The Bertz CT molecular complexity index is 916. The summed E-state index contributed by atoms with van der Waals surface area (Å²) in [6, 6.07) is 20.7. The third-order valence-electron chi connectivity index (χ3n) is 4.55. The van der Waals surface area contributed by atoms with Gasteiger partial charge in [-0.15, -0.1) is 10.2 Å². The van der Waals surface area contributed by atoms with E-state index in [-0.39, 0.29) is 6.04 Å². The molecular weight excluding hydrogens is 368 g/mol. The molecule has 5 nitrogen and oxygen atoms in total. The highest BCUT2D eigenvalue weighted by atomic mass is 32.2. The standard InChI is InChI=1S/C22H24N4OS/c1-3-18-10-12-20(13-11-18)27-16-21-24-25-22(28-15-7-14-23)26(21)17(2)19-8-5-4-6-9-19/h4-6,8-13,17H,3,7,15-16H2,1-2H3. The molecule has 1 atom stereocenters. The van der Waals surface area contributed by atoms with Crippen molar-refractivity contribution in [1.82, 2.24) is 14.8 Å². The molecule has 28 heavy (non-hydrogen) atoms. The van der Waals surface area contributed by atoms with Gasteiger partial charge >= 0.3 is 0 Å². The molecule has 0 radical (unpaired) electrons. The van der Waals surface area contributed by atoms with Gasteiger partial charge in [0.1, 0.15) is 12.4 Å². The summed E-state index contributed by atoms with van der Waals surface area (Å²) in [6.07, 6.45) is 1.49. The molecule has 2 aromatic carbocycles. The first-order valence-corrected chi connectivity index (χ1v) is 10.4. The van der Waals surface area contributed by atoms with E-state index < -0.39 is 0 Å². The number of hydrogen-bond acceptors (Lipinski definition) is 5. The van der Waals surface area contributed by atoms with Crippen LogP contribution in [0.25, 0.3) is 0 Å². The highest BCUT2D eigenvalue weighted by Gasteiger charge is 2.19. The number of aromatic nitrogens is 3. The second-order valence-corrected chi connectivity index (χ2v) is 7.46. The molecule has 1 unspecified atom stereocenters. The minimum Gasteiger partial charge on any atom is -0.486 e. The zero-order valence-corrected chi connectivity index (χ0v) is 17.0. The fourth-order valence-corrected chi connectivity index (χ4v) is 3.81. The Labute approximate surface area is 170 Å². The first-order valence-electron chi connectivity index (χ1n) is 9.43. The molecule has 0 aliphatic carbocycles. The second-order valence-electron chi connectivity index (χ2n) is 6.40. The van der Waals surface area contributed by atoms with E-state index in [0.717, 1.165) is 23.2 Å². The Morgan fingerprint density at radius 2 is 1.86 bits per heavy atom. The van der Waals surface area contributed by atoms with E-state index in [4.69, 9.17) is 10.00 Å². The van der Waals surface area contributed by atoms with E-state index >= 15 is 0 Å². The molecule has 0 amide bonds. The smallest absolute Gasteiger partial charge is 0.191 e. The van der Waals surface area contributed by atoms with Gasteiger partial charge in [0.25, 0.3) is 0 Å². The fourth-order valence-electron chi connectivity index (χ4n) is 2.93. The largest absolute Gasteiger partial charge is 0.486 e. The number of hydrogen-bond donors (Lipinski definition) is 0. The van der Waals surface area contributed by atoms with Gasteiger partial charge in [-0.25, -0.2) is 0 Å². The highest BCUT2D eigenvalue weighted by Crippen LogP contribution is 2.27. The van der Waals surface area contributed by atoms with Crippen LogP contribution in [0.5, 0.6) is 5.75 Å². The highest BCUT2D eigenvalue weighted by molar-refractivity contribution is 7.99. The second kappa shape index (κ2) is 9.95. The first kappa shape index (κ1) is 20.0. The van der Waals surface area contributed by atoms with Crippen molar-refractivity contribution in [2.45, 2.75) is 44.5 Å². The lowest BCUT2D eigenvalue weighted by Crippen LogP contribution is -2.14. The van der Waals surface area contributed by atoms with Crippen LogP contribution in [0.3, 0.4) is 0 Å². The number of aryl methyl sites for hydroxylation is 1. The van der Waals surface area contributed by atoms with Crippen molar-refractivity contribution in [1.29, 1.82) is 5.26 Å². The first-order chi connectivity index (χ1) is 13.7. The summed E-state index contributed by atoms with van der Waals surface area (Å²) in [7, 11) is 0. The van der Waals surface area contributed by atoms with Crippen LogP contribution in [0.2, 0.25) is 0 Å². The summed E-state index contributed by atoms with van der Waals surface area (Å²) in [6.45, 7) is 4.61. The lowest BCUT2D eigenvalue weighted by molar-refractivity contribution is 0.285. The van der Waals surface area contributed by atoms with Gasteiger partial charge in [0, 0.05) is 12.2 Å². The number of nitrogens with zero attached hydrogens (tertiary/aromatic N) is 4. The van der Waals surface area contributed by atoms with Gasteiger partial charge in [0.2, 0.25) is 0 Å². The molecule has 1 heterocycles. The molecule has 3 rings (SSSR count). The molecule has 0 fully saturated rings. The maximum atomic E-state index is 8.83. The summed E-state index contributed by atoms with van der Waals surface area (Å²) in [5.74, 6) is 2.28. The number of ether oxygens (including phenoxy) is 1. The van der Waals surface area contributed by atoms with E-state index in [1.54, 1.807) is 11.8 Å². The Balaban J connectivity index is 1.81. The average Bonchev–Trinajstić information content (AvgIpc) is 3.15. The van der Waals surface area contributed by atoms with Crippen molar-refractivity contribution in [3.8, 4) is 11.8 Å². The van der Waals surface area contributed by atoms with E-state index in [1.165, 1.54) is 11.1 Å². The Kier molecular flexibility index (Phi) is 7.10. The zero-order chi connectivity index (χ0) is 19.8. The van der Waals surface area contributed by atoms with E-state index in [9.17, 15) is 0 Å². The molecule has 144 valence electrons. The summed E-state index contributed by atoms with van der Waals surface area (Å²) in [5.41, 5.74) is 2.46. The number of thioether (sulfide) groups is 1. The SMILES string of the molecule is CCc1ccc(OCc2nnc(SCCC#N)n2C(C)c2ccccc2)cc1. The van der Waals surface area contributed by atoms with Crippen LogP contribution in [0.1, 0.15) is 43.3 Å². The zero-order valence-electron chi connectivity index (χ0n) is 16.2. The summed E-state index contributed by atoms with van der Waals surface area (Å²) in [5, 5.41) is 18.4. The minimum atomic E-state index is 0.0712. The quantitative estimate of drug-likeness (QED) is 0.377. The summed E-state index contributed by atoms with van der Waals surface area (Å²) < 4.78 is 8.08. The molecule has 3 aromatic rings. The van der Waals surface area contributed by atoms with Crippen molar-refractivity contribution in [3.05, 3.63) is 71.5 Å². The van der Waals surface area contributed by atoms with Crippen molar-refractivity contribution in [2.75, 3.05) is 5.75 Å².